The summed E-state index contributed by atoms with van der Waals surface area (Å²) in [4.78, 5) is 26.8. The quantitative estimate of drug-likeness (QED) is 0.395. The van der Waals surface area contributed by atoms with E-state index in [1.165, 1.54) is 9.08 Å². The number of hydrogen-bond donors (Lipinski definition) is 2. The second-order valence-electron chi connectivity index (χ2n) is 8.03. The maximum absolute atomic E-state index is 13.4. The Morgan fingerprint density at radius 1 is 1.03 bits per heavy atom. The van der Waals surface area contributed by atoms with Crippen molar-refractivity contribution in [1.82, 2.24) is 24.7 Å². The summed E-state index contributed by atoms with van der Waals surface area (Å²) in [6, 6.07) is 17.4. The van der Waals surface area contributed by atoms with Crippen LogP contribution in [0.25, 0.3) is 28.0 Å². The molecule has 9 nitrogen and oxygen atoms in total. The standard InChI is InChI=1S/C25H23N7O2/c1-15-12-19(13-16(2)28-15)20-21(17-8-5-4-6-9-17)29-24(26)32-22(20)30-31(25(32)33)14-18-10-7-11-27-23(18)34-3/h4-13H,14H2,1-3H3,(H2,26,28,29,30)/p+1. The number of aromatic amines is 1. The average molecular weight is 455 g/mol. The Kier molecular flexibility index (Phi) is 5.29. The maximum Gasteiger partial charge on any atom is 0.428 e. The summed E-state index contributed by atoms with van der Waals surface area (Å²) >= 11 is 0. The van der Waals surface area contributed by atoms with Gasteiger partial charge in [0.25, 0.3) is 0 Å². The number of nitrogens with two attached hydrogens (primary N) is 1. The molecule has 0 aliphatic rings. The molecular weight excluding hydrogens is 430 g/mol. The molecular formula is C25H24N7O2+. The van der Waals surface area contributed by atoms with Crippen LogP contribution in [0.3, 0.4) is 0 Å². The van der Waals surface area contributed by atoms with Crippen molar-refractivity contribution in [2.45, 2.75) is 20.4 Å². The van der Waals surface area contributed by atoms with Crippen LogP contribution >= 0.6 is 0 Å². The summed E-state index contributed by atoms with van der Waals surface area (Å²) in [6.07, 6.45) is 1.64. The molecule has 5 rings (SSSR count). The van der Waals surface area contributed by atoms with E-state index in [9.17, 15) is 4.79 Å². The lowest BCUT2D eigenvalue weighted by Gasteiger charge is -2.10. The van der Waals surface area contributed by atoms with Crippen LogP contribution in [0, 0.1) is 13.8 Å². The number of benzene rings is 1. The van der Waals surface area contributed by atoms with Gasteiger partial charge in [0.05, 0.1) is 12.7 Å². The van der Waals surface area contributed by atoms with E-state index >= 15 is 0 Å². The van der Waals surface area contributed by atoms with Crippen LogP contribution in [-0.2, 0) is 6.54 Å². The first-order chi connectivity index (χ1) is 16.5. The molecule has 34 heavy (non-hydrogen) atoms. The van der Waals surface area contributed by atoms with Crippen molar-refractivity contribution >= 4 is 11.6 Å². The molecule has 170 valence electrons. The van der Waals surface area contributed by atoms with E-state index in [2.05, 4.69) is 20.1 Å². The van der Waals surface area contributed by atoms with Crippen LogP contribution < -0.4 is 20.6 Å². The Morgan fingerprint density at radius 3 is 2.47 bits per heavy atom. The Hall–Kier alpha value is -4.53. The summed E-state index contributed by atoms with van der Waals surface area (Å²) in [6.45, 7) is 4.11. The molecule has 0 spiro atoms. The number of anilines is 1. The summed E-state index contributed by atoms with van der Waals surface area (Å²) in [5, 5.41) is 3.26. The Balaban J connectivity index is 1.82. The monoisotopic (exact) mass is 454 g/mol. The average Bonchev–Trinajstić information content (AvgIpc) is 3.15. The lowest BCUT2D eigenvalue weighted by Crippen LogP contribution is -2.44. The third kappa shape index (κ3) is 3.66. The molecule has 5 aromatic rings. The van der Waals surface area contributed by atoms with Gasteiger partial charge in [0.15, 0.2) is 0 Å². The van der Waals surface area contributed by atoms with Crippen LogP contribution in [-0.4, -0.2) is 31.8 Å². The number of rotatable bonds is 5. The first-order valence-corrected chi connectivity index (χ1v) is 10.8. The largest absolute Gasteiger partial charge is 0.481 e. The predicted molar refractivity (Wildman–Crippen MR) is 128 cm³/mol. The number of ether oxygens (including phenoxy) is 1. The van der Waals surface area contributed by atoms with E-state index in [4.69, 9.17) is 10.5 Å². The van der Waals surface area contributed by atoms with Crippen molar-refractivity contribution in [3.05, 3.63) is 88.2 Å². The molecule has 0 unspecified atom stereocenters. The second-order valence-corrected chi connectivity index (χ2v) is 8.03. The van der Waals surface area contributed by atoms with Crippen LogP contribution in [0.15, 0.2) is 65.6 Å². The second kappa shape index (κ2) is 8.43. The summed E-state index contributed by atoms with van der Waals surface area (Å²) in [7, 11) is 1.55. The van der Waals surface area contributed by atoms with Crippen LogP contribution in [0.5, 0.6) is 5.88 Å². The summed E-state index contributed by atoms with van der Waals surface area (Å²) in [5.41, 5.74) is 12.3. The Bertz CT molecular complexity index is 1550. The molecule has 0 aliphatic carbocycles. The van der Waals surface area contributed by atoms with Gasteiger partial charge in [-0.3, -0.25) is 4.98 Å². The highest BCUT2D eigenvalue weighted by Crippen LogP contribution is 2.33. The van der Waals surface area contributed by atoms with E-state index in [1.807, 2.05) is 62.4 Å². The number of hydrogen-bond acceptors (Lipinski definition) is 6. The number of aryl methyl sites for hydroxylation is 2. The molecule has 0 bridgehead atoms. The molecule has 0 aliphatic heterocycles. The van der Waals surface area contributed by atoms with Crippen LogP contribution in [0.2, 0.25) is 0 Å². The van der Waals surface area contributed by atoms with E-state index in [-0.39, 0.29) is 18.2 Å². The van der Waals surface area contributed by atoms with Gasteiger partial charge < -0.3 is 10.5 Å². The smallest absolute Gasteiger partial charge is 0.428 e. The highest BCUT2D eigenvalue weighted by Gasteiger charge is 2.26. The summed E-state index contributed by atoms with van der Waals surface area (Å²) in [5.74, 6) is 0.549. The normalized spacial score (nSPS) is 11.1. The van der Waals surface area contributed by atoms with Gasteiger partial charge >= 0.3 is 11.6 Å². The SMILES string of the molecule is COc1ncccc1Cn1[nH]c2c(-c3cc(C)nc(C)c3)c(-c3ccccc3)nc(N)[n+]2c1=O. The lowest BCUT2D eigenvalue weighted by atomic mass is 9.99. The third-order valence-corrected chi connectivity index (χ3v) is 5.60. The van der Waals surface area contributed by atoms with Crippen LogP contribution in [0.1, 0.15) is 17.0 Å². The summed E-state index contributed by atoms with van der Waals surface area (Å²) < 4.78 is 8.24. The first-order valence-electron chi connectivity index (χ1n) is 10.8. The number of nitrogen functional groups attached to an aromatic ring is 1. The van der Waals surface area contributed by atoms with E-state index in [1.54, 1.807) is 19.4 Å². The Morgan fingerprint density at radius 2 is 1.76 bits per heavy atom. The van der Waals surface area contributed by atoms with Crippen molar-refractivity contribution in [3.63, 3.8) is 0 Å². The van der Waals surface area contributed by atoms with E-state index < -0.39 is 0 Å². The van der Waals surface area contributed by atoms with Crippen molar-refractivity contribution in [2.75, 3.05) is 12.8 Å². The topological polar surface area (TPSA) is 116 Å². The minimum Gasteiger partial charge on any atom is -0.481 e. The number of nitrogens with zero attached hydrogens (tertiary/aromatic N) is 5. The highest BCUT2D eigenvalue weighted by molar-refractivity contribution is 5.88. The molecule has 9 heteroatoms. The molecule has 4 aromatic heterocycles. The van der Waals surface area contributed by atoms with Gasteiger partial charge in [0, 0.05) is 28.7 Å². The number of aromatic nitrogens is 6. The van der Waals surface area contributed by atoms with Gasteiger partial charge in [-0.2, -0.15) is 4.68 Å². The van der Waals surface area contributed by atoms with Gasteiger partial charge in [-0.1, -0.05) is 30.3 Å². The minimum absolute atomic E-state index is 0.0956. The molecule has 1 aromatic carbocycles. The van der Waals surface area contributed by atoms with Gasteiger partial charge in [0.2, 0.25) is 11.5 Å². The van der Waals surface area contributed by atoms with Gasteiger partial charge in [-0.25, -0.2) is 14.9 Å². The molecule has 0 saturated carbocycles. The molecule has 3 N–H and O–H groups in total. The molecule has 0 atom stereocenters. The van der Waals surface area contributed by atoms with E-state index in [0.29, 0.717) is 17.2 Å². The maximum atomic E-state index is 13.4. The van der Waals surface area contributed by atoms with Gasteiger partial charge in [-0.05, 0) is 43.7 Å². The zero-order valence-corrected chi connectivity index (χ0v) is 19.1. The zero-order chi connectivity index (χ0) is 23.8. The fourth-order valence-electron chi connectivity index (χ4n) is 4.22. The zero-order valence-electron chi connectivity index (χ0n) is 19.1. The fraction of sp³-hybridized carbons (Fsp3) is 0.160. The molecule has 4 heterocycles. The molecule has 0 saturated heterocycles. The lowest BCUT2D eigenvalue weighted by molar-refractivity contribution is -0.516. The third-order valence-electron chi connectivity index (χ3n) is 5.60. The molecule has 0 amide bonds. The first kappa shape index (κ1) is 21.3. The fourth-order valence-corrected chi connectivity index (χ4v) is 4.22. The number of nitrogens with one attached hydrogen (secondary N) is 1. The number of methoxy groups -OCH3 is 1. The van der Waals surface area contributed by atoms with Gasteiger partial charge in [0.1, 0.15) is 12.2 Å². The van der Waals surface area contributed by atoms with Crippen LogP contribution in [0.4, 0.5) is 5.95 Å². The molecule has 0 radical (unpaired) electrons. The van der Waals surface area contributed by atoms with Crippen molar-refractivity contribution in [1.29, 1.82) is 0 Å². The molecule has 0 fully saturated rings. The minimum atomic E-state index is -0.339. The number of H-pyrrole nitrogens is 1. The highest BCUT2D eigenvalue weighted by atomic mass is 16.5. The predicted octanol–water partition coefficient (Wildman–Crippen LogP) is 2.69. The number of pyridine rings is 2. The van der Waals surface area contributed by atoms with Crippen molar-refractivity contribution in [3.8, 4) is 28.3 Å². The number of fused-ring (bicyclic) bond motifs is 1. The van der Waals surface area contributed by atoms with E-state index in [0.717, 1.165) is 33.6 Å². The van der Waals surface area contributed by atoms with Gasteiger partial charge in [-0.15, -0.1) is 9.38 Å². The van der Waals surface area contributed by atoms with Crippen molar-refractivity contribution < 1.29 is 9.14 Å². The van der Waals surface area contributed by atoms with Crippen molar-refractivity contribution in [2.24, 2.45) is 0 Å². The Labute approximate surface area is 195 Å².